The number of aliphatic hydroxyl groups excluding tert-OH is 1. The van der Waals surface area contributed by atoms with Gasteiger partial charge in [-0.2, -0.15) is 0 Å². The summed E-state index contributed by atoms with van der Waals surface area (Å²) in [5.74, 6) is 0.0222. The van der Waals surface area contributed by atoms with E-state index >= 15 is 0 Å². The van der Waals surface area contributed by atoms with Crippen molar-refractivity contribution in [2.45, 2.75) is 26.9 Å². The van der Waals surface area contributed by atoms with Crippen LogP contribution in [0.2, 0.25) is 0 Å². The van der Waals surface area contributed by atoms with Crippen LogP contribution in [-0.4, -0.2) is 20.6 Å². The van der Waals surface area contributed by atoms with Crippen LogP contribution in [0.5, 0.6) is 0 Å². The van der Waals surface area contributed by atoms with Crippen LogP contribution in [0.15, 0.2) is 30.3 Å². The second-order valence-electron chi connectivity index (χ2n) is 6.02. The molecule has 1 aliphatic rings. The van der Waals surface area contributed by atoms with Crippen LogP contribution in [0.1, 0.15) is 22.5 Å². The normalized spacial score (nSPS) is 13.4. The summed E-state index contributed by atoms with van der Waals surface area (Å²) < 4.78 is 1.97. The highest BCUT2D eigenvalue weighted by atomic mass is 16.3. The monoisotopic (exact) mass is 307 g/mol. The van der Waals surface area contributed by atoms with Crippen molar-refractivity contribution in [2.24, 2.45) is 0 Å². The van der Waals surface area contributed by atoms with Crippen molar-refractivity contribution in [2.75, 3.05) is 5.32 Å². The molecule has 4 rings (SSSR count). The van der Waals surface area contributed by atoms with Crippen molar-refractivity contribution in [3.8, 4) is 5.69 Å². The van der Waals surface area contributed by atoms with Gasteiger partial charge < -0.3 is 10.4 Å². The molecule has 1 aliphatic heterocycles. The van der Waals surface area contributed by atoms with E-state index in [0.29, 0.717) is 6.42 Å². The lowest BCUT2D eigenvalue weighted by molar-refractivity contribution is -0.115. The molecule has 0 saturated heterocycles. The van der Waals surface area contributed by atoms with Crippen LogP contribution in [0.4, 0.5) is 5.69 Å². The molecule has 5 heteroatoms. The fraction of sp³-hybridized carbons (Fsp3) is 0.222. The van der Waals surface area contributed by atoms with Gasteiger partial charge in [0.05, 0.1) is 18.7 Å². The first-order chi connectivity index (χ1) is 11.1. The van der Waals surface area contributed by atoms with Gasteiger partial charge >= 0.3 is 0 Å². The molecular weight excluding hydrogens is 290 g/mol. The molecule has 2 N–H and O–H groups in total. The molecule has 0 radical (unpaired) electrons. The number of nitrogens with one attached hydrogen (secondary N) is 1. The highest BCUT2D eigenvalue weighted by molar-refractivity contribution is 6.00. The molecule has 0 fully saturated rings. The van der Waals surface area contributed by atoms with Gasteiger partial charge in [-0.25, -0.2) is 4.98 Å². The van der Waals surface area contributed by atoms with Crippen molar-refractivity contribution in [1.29, 1.82) is 0 Å². The molecule has 1 aromatic carbocycles. The highest BCUT2D eigenvalue weighted by Gasteiger charge is 2.21. The maximum atomic E-state index is 11.7. The number of hydrogen-bond acceptors (Lipinski definition) is 3. The SMILES string of the molecule is Cc1ccc2cc(CO)n(-c3cc(C)c4c(c3)CC(=O)N4)c2n1. The number of aryl methyl sites for hydroxylation is 2. The maximum Gasteiger partial charge on any atom is 0.228 e. The molecular formula is C18H17N3O2. The zero-order valence-corrected chi connectivity index (χ0v) is 13.1. The Morgan fingerprint density at radius 2 is 2.09 bits per heavy atom. The third-order valence-corrected chi connectivity index (χ3v) is 4.30. The molecule has 2 aromatic heterocycles. The zero-order chi connectivity index (χ0) is 16.1. The summed E-state index contributed by atoms with van der Waals surface area (Å²) >= 11 is 0. The predicted molar refractivity (Wildman–Crippen MR) is 88.8 cm³/mol. The number of benzene rings is 1. The molecule has 116 valence electrons. The average Bonchev–Trinajstić information content (AvgIpc) is 3.06. The van der Waals surface area contributed by atoms with E-state index in [4.69, 9.17) is 0 Å². The first-order valence-electron chi connectivity index (χ1n) is 7.59. The van der Waals surface area contributed by atoms with Crippen molar-refractivity contribution < 1.29 is 9.90 Å². The van der Waals surface area contributed by atoms with Gasteiger partial charge in [0.15, 0.2) is 0 Å². The molecule has 1 amide bonds. The summed E-state index contributed by atoms with van der Waals surface area (Å²) in [5.41, 5.74) is 6.38. The molecule has 5 nitrogen and oxygen atoms in total. The summed E-state index contributed by atoms with van der Waals surface area (Å²) in [4.78, 5) is 16.3. The van der Waals surface area contributed by atoms with Gasteiger partial charge in [-0.3, -0.25) is 9.36 Å². The number of anilines is 1. The quantitative estimate of drug-likeness (QED) is 0.765. The number of carbonyl (C=O) groups excluding carboxylic acids is 1. The van der Waals surface area contributed by atoms with Gasteiger partial charge in [0.25, 0.3) is 0 Å². The Morgan fingerprint density at radius 3 is 2.87 bits per heavy atom. The molecule has 0 atom stereocenters. The lowest BCUT2D eigenvalue weighted by Gasteiger charge is -2.13. The second-order valence-corrected chi connectivity index (χ2v) is 6.02. The van der Waals surface area contributed by atoms with E-state index in [-0.39, 0.29) is 12.5 Å². The Morgan fingerprint density at radius 1 is 1.26 bits per heavy atom. The minimum absolute atomic E-state index is 0.0222. The number of fused-ring (bicyclic) bond motifs is 2. The molecule has 0 spiro atoms. The fourth-order valence-corrected chi connectivity index (χ4v) is 3.27. The number of carbonyl (C=O) groups is 1. The minimum atomic E-state index is -0.0667. The summed E-state index contributed by atoms with van der Waals surface area (Å²) in [7, 11) is 0. The van der Waals surface area contributed by atoms with Crippen LogP contribution < -0.4 is 5.32 Å². The number of rotatable bonds is 2. The largest absolute Gasteiger partial charge is 0.390 e. The van der Waals surface area contributed by atoms with E-state index in [2.05, 4.69) is 10.3 Å². The average molecular weight is 307 g/mol. The third-order valence-electron chi connectivity index (χ3n) is 4.30. The second kappa shape index (κ2) is 4.93. The lowest BCUT2D eigenvalue weighted by atomic mass is 10.1. The molecule has 0 unspecified atom stereocenters. The van der Waals surface area contributed by atoms with Crippen LogP contribution in [0, 0.1) is 13.8 Å². The van der Waals surface area contributed by atoms with Crippen molar-refractivity contribution >= 4 is 22.6 Å². The molecule has 0 saturated carbocycles. The van der Waals surface area contributed by atoms with E-state index < -0.39 is 0 Å². The van der Waals surface area contributed by atoms with E-state index in [9.17, 15) is 9.90 Å². The smallest absolute Gasteiger partial charge is 0.228 e. The third kappa shape index (κ3) is 2.12. The molecule has 3 aromatic rings. The van der Waals surface area contributed by atoms with Gasteiger partial charge in [0, 0.05) is 22.5 Å². The Bertz CT molecular complexity index is 957. The van der Waals surface area contributed by atoms with Crippen molar-refractivity contribution in [1.82, 2.24) is 9.55 Å². The van der Waals surface area contributed by atoms with E-state index in [0.717, 1.165) is 44.9 Å². The van der Waals surface area contributed by atoms with Gasteiger partial charge in [0.2, 0.25) is 5.91 Å². The number of amides is 1. The number of pyridine rings is 1. The molecule has 23 heavy (non-hydrogen) atoms. The number of nitrogens with zero attached hydrogens (tertiary/aromatic N) is 2. The van der Waals surface area contributed by atoms with Crippen LogP contribution in [-0.2, 0) is 17.8 Å². The number of aliphatic hydroxyl groups is 1. The minimum Gasteiger partial charge on any atom is -0.390 e. The van der Waals surface area contributed by atoms with Crippen molar-refractivity contribution in [3.05, 3.63) is 52.8 Å². The van der Waals surface area contributed by atoms with E-state index in [1.165, 1.54) is 0 Å². The van der Waals surface area contributed by atoms with Crippen LogP contribution in [0.25, 0.3) is 16.7 Å². The Labute approximate surface area is 133 Å². The molecule has 3 heterocycles. The van der Waals surface area contributed by atoms with Gasteiger partial charge in [-0.05, 0) is 55.3 Å². The first kappa shape index (κ1) is 14.0. The maximum absolute atomic E-state index is 11.7. The topological polar surface area (TPSA) is 67.2 Å². The summed E-state index contributed by atoms with van der Waals surface area (Å²) in [5, 5.41) is 13.6. The highest BCUT2D eigenvalue weighted by Crippen LogP contribution is 2.32. The van der Waals surface area contributed by atoms with Gasteiger partial charge in [-0.1, -0.05) is 0 Å². The lowest BCUT2D eigenvalue weighted by Crippen LogP contribution is -2.04. The number of aromatic nitrogens is 2. The Hall–Kier alpha value is -2.66. The Kier molecular flexibility index (Phi) is 2.99. The van der Waals surface area contributed by atoms with Crippen LogP contribution in [0.3, 0.4) is 0 Å². The van der Waals surface area contributed by atoms with E-state index in [1.807, 2.05) is 48.7 Å². The predicted octanol–water partition coefficient (Wildman–Crippen LogP) is 2.63. The van der Waals surface area contributed by atoms with Gasteiger partial charge in [0.1, 0.15) is 5.65 Å². The first-order valence-corrected chi connectivity index (χ1v) is 7.59. The summed E-state index contributed by atoms with van der Waals surface area (Å²) in [6, 6.07) is 9.95. The number of hydrogen-bond donors (Lipinski definition) is 2. The summed E-state index contributed by atoms with van der Waals surface area (Å²) in [6.07, 6.45) is 0.393. The fourth-order valence-electron chi connectivity index (χ4n) is 3.27. The zero-order valence-electron chi connectivity index (χ0n) is 13.1. The molecule has 0 bridgehead atoms. The van der Waals surface area contributed by atoms with Crippen molar-refractivity contribution in [3.63, 3.8) is 0 Å². The standard InChI is InChI=1S/C18H17N3O2/c1-10-5-14(7-13-8-16(23)20-17(10)13)21-15(9-22)6-12-4-3-11(2)19-18(12)21/h3-7,22H,8-9H2,1-2H3,(H,20,23). The van der Waals surface area contributed by atoms with E-state index in [1.54, 1.807) is 0 Å². The Balaban J connectivity index is 1.99. The van der Waals surface area contributed by atoms with Crippen LogP contribution >= 0.6 is 0 Å². The van der Waals surface area contributed by atoms with Gasteiger partial charge in [-0.15, -0.1) is 0 Å². The summed E-state index contributed by atoms with van der Waals surface area (Å²) in [6.45, 7) is 3.87. The molecule has 0 aliphatic carbocycles.